The largest absolute Gasteiger partial charge is 0.361 e. The highest BCUT2D eigenvalue weighted by atomic mass is 32.2. The van der Waals surface area contributed by atoms with Crippen molar-refractivity contribution in [3.05, 3.63) is 35.8 Å². The second kappa shape index (κ2) is 9.10. The Morgan fingerprint density at radius 3 is 2.85 bits per heavy atom. The summed E-state index contributed by atoms with van der Waals surface area (Å²) in [5, 5.41) is 6.56. The molecule has 12 heteroatoms. The fraction of sp³-hybridized carbons (Fsp3) is 0.476. The van der Waals surface area contributed by atoms with Gasteiger partial charge in [0, 0.05) is 36.7 Å². The summed E-state index contributed by atoms with van der Waals surface area (Å²) in [5.41, 5.74) is 1.68. The molecule has 1 aromatic carbocycles. The molecular weight excluding hydrogens is 453 g/mol. The van der Waals surface area contributed by atoms with Crippen LogP contribution in [0.15, 0.2) is 24.4 Å². The van der Waals surface area contributed by atoms with Gasteiger partial charge in [-0.1, -0.05) is 0 Å². The van der Waals surface area contributed by atoms with Crippen molar-refractivity contribution in [3.63, 3.8) is 0 Å². The number of amides is 4. The Balaban J connectivity index is 1.36. The summed E-state index contributed by atoms with van der Waals surface area (Å²) >= 11 is 0. The van der Waals surface area contributed by atoms with Crippen molar-refractivity contribution >= 4 is 38.8 Å². The van der Waals surface area contributed by atoms with Crippen molar-refractivity contribution in [2.24, 2.45) is 5.92 Å². The quantitative estimate of drug-likeness (QED) is 0.480. The molecule has 3 atom stereocenters. The number of urea groups is 1. The summed E-state index contributed by atoms with van der Waals surface area (Å²) in [4.78, 5) is 39.4. The van der Waals surface area contributed by atoms with Gasteiger partial charge in [0.2, 0.25) is 21.8 Å². The number of fused-ring (bicyclic) bond motifs is 1. The van der Waals surface area contributed by atoms with Crippen LogP contribution >= 0.6 is 0 Å². The maximum Gasteiger partial charge on any atom is 0.321 e. The Hall–Kier alpha value is -2.99. The van der Waals surface area contributed by atoms with Gasteiger partial charge in [0.25, 0.3) is 0 Å². The van der Waals surface area contributed by atoms with E-state index < -0.39 is 39.2 Å². The smallest absolute Gasteiger partial charge is 0.321 e. The SMILES string of the molecule is CC1NC(=O)NC(=O)C1S(=O)(=O)N1CCCC(C(=O)NCCc2c[nH]c3ccc(F)cc23)C1. The number of nitrogens with zero attached hydrogens (tertiary/aromatic N) is 1. The highest BCUT2D eigenvalue weighted by Crippen LogP contribution is 2.24. The molecule has 33 heavy (non-hydrogen) atoms. The minimum absolute atomic E-state index is 0.0308. The Kier molecular flexibility index (Phi) is 6.39. The second-order valence-electron chi connectivity index (χ2n) is 8.46. The normalized spacial score (nSPS) is 24.4. The van der Waals surface area contributed by atoms with E-state index in [1.54, 1.807) is 12.3 Å². The summed E-state index contributed by atoms with van der Waals surface area (Å²) in [7, 11) is -4.07. The molecule has 1 aromatic heterocycles. The van der Waals surface area contributed by atoms with E-state index in [2.05, 4.69) is 15.6 Å². The molecule has 2 aliphatic heterocycles. The number of rotatable bonds is 6. The van der Waals surface area contributed by atoms with Crippen molar-refractivity contribution in [1.82, 2.24) is 25.2 Å². The molecule has 3 unspecified atom stereocenters. The van der Waals surface area contributed by atoms with Crippen molar-refractivity contribution in [2.75, 3.05) is 19.6 Å². The third kappa shape index (κ3) is 4.71. The van der Waals surface area contributed by atoms with Gasteiger partial charge in [-0.2, -0.15) is 0 Å². The Morgan fingerprint density at radius 1 is 1.30 bits per heavy atom. The molecule has 0 bridgehead atoms. The fourth-order valence-electron chi connectivity index (χ4n) is 4.49. The standard InChI is InChI=1S/C21H26FN5O5S/c1-12-18(20(29)26-21(30)25-12)33(31,32)27-8-2-3-14(11-27)19(28)23-7-6-13-10-24-17-5-4-15(22)9-16(13)17/h4-5,9-10,12,14,18,24H,2-3,6-8,11H2,1H3,(H,23,28)(H2,25,26,29,30). The van der Waals surface area contributed by atoms with E-state index in [-0.39, 0.29) is 24.8 Å². The van der Waals surface area contributed by atoms with Gasteiger partial charge in [-0.05, 0) is 49.9 Å². The lowest BCUT2D eigenvalue weighted by molar-refractivity contribution is -0.126. The molecule has 4 N–H and O–H groups in total. The van der Waals surface area contributed by atoms with Crippen molar-refractivity contribution < 1.29 is 27.2 Å². The molecule has 10 nitrogen and oxygen atoms in total. The average Bonchev–Trinajstić information content (AvgIpc) is 3.15. The van der Waals surface area contributed by atoms with Gasteiger partial charge < -0.3 is 15.6 Å². The Morgan fingerprint density at radius 2 is 2.09 bits per heavy atom. The van der Waals surface area contributed by atoms with E-state index in [4.69, 9.17) is 0 Å². The molecule has 2 aliphatic rings. The van der Waals surface area contributed by atoms with Crippen LogP contribution in [0.4, 0.5) is 9.18 Å². The number of hydrogen-bond donors (Lipinski definition) is 4. The highest BCUT2D eigenvalue weighted by Gasteiger charge is 2.46. The van der Waals surface area contributed by atoms with Gasteiger partial charge in [0.1, 0.15) is 5.82 Å². The first kappa shape index (κ1) is 23.2. The summed E-state index contributed by atoms with van der Waals surface area (Å²) in [5.74, 6) is -2.02. The van der Waals surface area contributed by atoms with Crippen LogP contribution < -0.4 is 16.0 Å². The number of nitrogens with one attached hydrogen (secondary N) is 4. The van der Waals surface area contributed by atoms with Crippen LogP contribution in [-0.4, -0.2) is 66.5 Å². The van der Waals surface area contributed by atoms with E-state index in [0.717, 1.165) is 16.5 Å². The predicted octanol–water partition coefficient (Wildman–Crippen LogP) is 0.604. The summed E-state index contributed by atoms with van der Waals surface area (Å²) < 4.78 is 40.9. The van der Waals surface area contributed by atoms with E-state index >= 15 is 0 Å². The molecule has 0 saturated carbocycles. The summed E-state index contributed by atoms with van der Waals surface area (Å²) in [6.07, 6.45) is 3.27. The predicted molar refractivity (Wildman–Crippen MR) is 118 cm³/mol. The molecule has 0 radical (unpaired) electrons. The Labute approximate surface area is 190 Å². The number of aromatic amines is 1. The molecule has 178 valence electrons. The number of H-pyrrole nitrogens is 1. The number of piperidine rings is 1. The van der Waals surface area contributed by atoms with Crippen LogP contribution in [0.25, 0.3) is 10.9 Å². The topological polar surface area (TPSA) is 140 Å². The summed E-state index contributed by atoms with van der Waals surface area (Å²) in [6.45, 7) is 1.96. The van der Waals surface area contributed by atoms with Gasteiger partial charge in [0.05, 0.1) is 12.0 Å². The first-order chi connectivity index (χ1) is 15.7. The van der Waals surface area contributed by atoms with Crippen LogP contribution in [0.2, 0.25) is 0 Å². The molecule has 2 saturated heterocycles. The van der Waals surface area contributed by atoms with Gasteiger partial charge >= 0.3 is 6.03 Å². The maximum absolute atomic E-state index is 13.5. The molecule has 0 aliphatic carbocycles. The number of halogens is 1. The fourth-order valence-corrected chi connectivity index (χ4v) is 6.50. The third-order valence-corrected chi connectivity index (χ3v) is 8.48. The van der Waals surface area contributed by atoms with Gasteiger partial charge in [-0.25, -0.2) is 21.9 Å². The van der Waals surface area contributed by atoms with E-state index in [1.807, 2.05) is 5.32 Å². The first-order valence-corrected chi connectivity index (χ1v) is 12.3. The number of sulfonamides is 1. The van der Waals surface area contributed by atoms with Crippen LogP contribution in [0.5, 0.6) is 0 Å². The lowest BCUT2D eigenvalue weighted by atomic mass is 9.98. The van der Waals surface area contributed by atoms with Gasteiger partial charge in [-0.3, -0.25) is 14.9 Å². The molecule has 0 spiro atoms. The lowest BCUT2D eigenvalue weighted by Crippen LogP contribution is -2.65. The highest BCUT2D eigenvalue weighted by molar-refractivity contribution is 7.90. The van der Waals surface area contributed by atoms with Crippen LogP contribution in [0, 0.1) is 11.7 Å². The number of carbonyl (C=O) groups excluding carboxylic acids is 3. The molecule has 3 heterocycles. The molecule has 2 fully saturated rings. The van der Waals surface area contributed by atoms with E-state index in [9.17, 15) is 27.2 Å². The zero-order valence-electron chi connectivity index (χ0n) is 18.1. The molecule has 4 amide bonds. The molecular formula is C21H26FN5O5S. The Bertz CT molecular complexity index is 1200. The monoisotopic (exact) mass is 479 g/mol. The maximum atomic E-state index is 13.5. The minimum Gasteiger partial charge on any atom is -0.361 e. The lowest BCUT2D eigenvalue weighted by Gasteiger charge is -2.36. The first-order valence-electron chi connectivity index (χ1n) is 10.8. The number of aromatic nitrogens is 1. The minimum atomic E-state index is -4.07. The number of hydrogen-bond acceptors (Lipinski definition) is 5. The van der Waals surface area contributed by atoms with Crippen molar-refractivity contribution in [1.29, 1.82) is 0 Å². The zero-order chi connectivity index (χ0) is 23.8. The van der Waals surface area contributed by atoms with Crippen molar-refractivity contribution in [2.45, 2.75) is 37.5 Å². The van der Waals surface area contributed by atoms with Crippen LogP contribution in [0.3, 0.4) is 0 Å². The number of benzene rings is 1. The second-order valence-corrected chi connectivity index (χ2v) is 10.5. The van der Waals surface area contributed by atoms with Gasteiger partial charge in [0.15, 0.2) is 5.25 Å². The van der Waals surface area contributed by atoms with Crippen LogP contribution in [-0.2, 0) is 26.0 Å². The zero-order valence-corrected chi connectivity index (χ0v) is 18.9. The van der Waals surface area contributed by atoms with Crippen LogP contribution in [0.1, 0.15) is 25.3 Å². The van der Waals surface area contributed by atoms with E-state index in [1.165, 1.54) is 23.4 Å². The average molecular weight is 480 g/mol. The molecule has 2 aromatic rings. The van der Waals surface area contributed by atoms with Crippen molar-refractivity contribution in [3.8, 4) is 0 Å². The molecule has 4 rings (SSSR count). The number of imide groups is 1. The number of carbonyl (C=O) groups is 3. The van der Waals surface area contributed by atoms with Gasteiger partial charge in [-0.15, -0.1) is 0 Å². The third-order valence-electron chi connectivity index (χ3n) is 6.17. The summed E-state index contributed by atoms with van der Waals surface area (Å²) in [6, 6.07) is 2.86. The van der Waals surface area contributed by atoms with E-state index in [0.29, 0.717) is 25.8 Å².